The number of aromatic nitrogens is 2. The molecule has 28 heavy (non-hydrogen) atoms. The molecule has 0 fully saturated rings. The van der Waals surface area contributed by atoms with E-state index in [1.54, 1.807) is 0 Å². The molecule has 0 radical (unpaired) electrons. The van der Waals surface area contributed by atoms with Gasteiger partial charge in [-0.05, 0) is 46.5 Å². The Hall–Kier alpha value is -2.24. The Morgan fingerprint density at radius 1 is 0.893 bits per heavy atom. The lowest BCUT2D eigenvalue weighted by molar-refractivity contribution is 0.795. The van der Waals surface area contributed by atoms with Crippen LogP contribution in [-0.4, -0.2) is 15.7 Å². The summed E-state index contributed by atoms with van der Waals surface area (Å²) in [6, 6.07) is 9.28. The fourth-order valence-electron chi connectivity index (χ4n) is 3.57. The summed E-state index contributed by atoms with van der Waals surface area (Å²) in [6.07, 6.45) is 5.01. The first-order valence-corrected chi connectivity index (χ1v) is 11.4. The Kier molecular flexibility index (Phi) is 4.25. The molecule has 3 nitrogen and oxygen atoms in total. The lowest BCUT2D eigenvalue weighted by Gasteiger charge is -2.04. The van der Waals surface area contributed by atoms with Gasteiger partial charge < -0.3 is 4.98 Å². The first-order valence-electron chi connectivity index (χ1n) is 9.76. The Labute approximate surface area is 172 Å². The summed E-state index contributed by atoms with van der Waals surface area (Å²) < 4.78 is 2.67. The van der Waals surface area contributed by atoms with Gasteiger partial charge in [0.05, 0.1) is 16.8 Å². The third-order valence-corrected chi connectivity index (χ3v) is 7.61. The van der Waals surface area contributed by atoms with E-state index in [4.69, 9.17) is 0 Å². The van der Waals surface area contributed by atoms with Crippen molar-refractivity contribution in [3.63, 3.8) is 0 Å². The van der Waals surface area contributed by atoms with Crippen molar-refractivity contribution in [1.82, 2.24) is 9.97 Å². The maximum absolute atomic E-state index is 4.62. The summed E-state index contributed by atoms with van der Waals surface area (Å²) in [7, 11) is 0. The number of nitrogens with zero attached hydrogens (tertiary/aromatic N) is 2. The van der Waals surface area contributed by atoms with Crippen LogP contribution in [0.3, 0.4) is 0 Å². The van der Waals surface area contributed by atoms with E-state index in [0.717, 1.165) is 17.9 Å². The molecule has 0 spiro atoms. The topological polar surface area (TPSA) is 41.0 Å². The lowest BCUT2D eigenvalue weighted by atomic mass is 10.0. The van der Waals surface area contributed by atoms with Crippen molar-refractivity contribution in [2.75, 3.05) is 0 Å². The van der Waals surface area contributed by atoms with Crippen LogP contribution in [0, 0.1) is 5.92 Å². The fraction of sp³-hybridized carbons (Fsp3) is 0.304. The van der Waals surface area contributed by atoms with Crippen molar-refractivity contribution in [3.8, 4) is 10.6 Å². The fourth-order valence-corrected chi connectivity index (χ4v) is 5.73. The Morgan fingerprint density at radius 2 is 1.57 bits per heavy atom. The summed E-state index contributed by atoms with van der Waals surface area (Å²) in [5.41, 5.74) is 3.76. The highest BCUT2D eigenvalue weighted by atomic mass is 32.1. The van der Waals surface area contributed by atoms with E-state index < -0.39 is 0 Å². The normalized spacial score (nSPS) is 14.6. The summed E-state index contributed by atoms with van der Waals surface area (Å²) in [4.78, 5) is 15.2. The van der Waals surface area contributed by atoms with Crippen LogP contribution >= 0.6 is 22.7 Å². The predicted octanol–water partition coefficient (Wildman–Crippen LogP) is 7.47. The van der Waals surface area contributed by atoms with Gasteiger partial charge in [0, 0.05) is 38.5 Å². The second kappa shape index (κ2) is 6.68. The number of aromatic amines is 1. The van der Waals surface area contributed by atoms with Crippen LogP contribution in [0.4, 0.5) is 0 Å². The minimum absolute atomic E-state index is 0.414. The standard InChI is InChI=1S/C23H23N3S2/c1-12(2)17-5-16(10-24-17)21-8-14-6-20-15(7-19(14)27-21)9-22(28-20)18-11-25-23(26-18)13(3)4/h6-13H,5H2,1-4H3,(H,25,26). The molecule has 4 aromatic rings. The van der Waals surface area contributed by atoms with E-state index in [9.17, 15) is 0 Å². The van der Waals surface area contributed by atoms with Gasteiger partial charge in [0.15, 0.2) is 0 Å². The number of thiophene rings is 2. The molecule has 3 aromatic heterocycles. The number of aliphatic imine (C=N–C) groups is 1. The van der Waals surface area contributed by atoms with Crippen molar-refractivity contribution >= 4 is 54.1 Å². The molecule has 1 aromatic carbocycles. The van der Waals surface area contributed by atoms with E-state index in [1.165, 1.54) is 41.2 Å². The van der Waals surface area contributed by atoms with E-state index in [1.807, 2.05) is 28.9 Å². The van der Waals surface area contributed by atoms with Crippen molar-refractivity contribution in [2.45, 2.75) is 40.0 Å². The van der Waals surface area contributed by atoms with Gasteiger partial charge in [0.25, 0.3) is 0 Å². The number of hydrogen-bond donors (Lipinski definition) is 1. The summed E-state index contributed by atoms with van der Waals surface area (Å²) in [5.74, 6) is 1.98. The monoisotopic (exact) mass is 405 g/mol. The molecule has 0 saturated heterocycles. The van der Waals surface area contributed by atoms with E-state index >= 15 is 0 Å². The van der Waals surface area contributed by atoms with Crippen LogP contribution < -0.4 is 0 Å². The molecule has 0 saturated carbocycles. The molecule has 5 heteroatoms. The average molecular weight is 406 g/mol. The van der Waals surface area contributed by atoms with Crippen LogP contribution in [-0.2, 0) is 0 Å². The molecular weight excluding hydrogens is 382 g/mol. The third-order valence-electron chi connectivity index (χ3n) is 5.30. The summed E-state index contributed by atoms with van der Waals surface area (Å²) in [6.45, 7) is 8.76. The van der Waals surface area contributed by atoms with Crippen LogP contribution in [0.5, 0.6) is 0 Å². The third kappa shape index (κ3) is 3.03. The number of rotatable bonds is 4. The highest BCUT2D eigenvalue weighted by molar-refractivity contribution is 7.23. The molecule has 1 aliphatic heterocycles. The smallest absolute Gasteiger partial charge is 0.109 e. The van der Waals surface area contributed by atoms with E-state index in [0.29, 0.717) is 11.8 Å². The zero-order chi connectivity index (χ0) is 19.4. The van der Waals surface area contributed by atoms with Gasteiger partial charge in [-0.2, -0.15) is 0 Å². The molecule has 1 N–H and O–H groups in total. The second-order valence-electron chi connectivity index (χ2n) is 8.09. The number of allylic oxidation sites excluding steroid dienone is 1. The number of nitrogens with one attached hydrogen (secondary N) is 1. The number of fused-ring (bicyclic) bond motifs is 2. The zero-order valence-corrected chi connectivity index (χ0v) is 18.2. The van der Waals surface area contributed by atoms with Crippen molar-refractivity contribution in [1.29, 1.82) is 0 Å². The van der Waals surface area contributed by atoms with Gasteiger partial charge in [-0.3, -0.25) is 4.99 Å². The predicted molar refractivity (Wildman–Crippen MR) is 124 cm³/mol. The Balaban J connectivity index is 1.49. The van der Waals surface area contributed by atoms with Crippen LogP contribution in [0.15, 0.2) is 41.7 Å². The maximum Gasteiger partial charge on any atom is 0.109 e. The molecule has 0 amide bonds. The number of H-pyrrole nitrogens is 1. The largest absolute Gasteiger partial charge is 0.341 e. The molecule has 4 heterocycles. The molecule has 0 bridgehead atoms. The molecule has 0 atom stereocenters. The van der Waals surface area contributed by atoms with Gasteiger partial charge in [0.2, 0.25) is 0 Å². The first-order chi connectivity index (χ1) is 13.5. The molecule has 1 aliphatic rings. The Morgan fingerprint density at radius 3 is 2.18 bits per heavy atom. The zero-order valence-electron chi connectivity index (χ0n) is 16.5. The minimum atomic E-state index is 0.414. The molecular formula is C23H23N3S2. The van der Waals surface area contributed by atoms with Gasteiger partial charge in [-0.1, -0.05) is 27.7 Å². The van der Waals surface area contributed by atoms with Crippen molar-refractivity contribution in [3.05, 3.63) is 47.4 Å². The number of imidazole rings is 1. The summed E-state index contributed by atoms with van der Waals surface area (Å²) in [5, 5.41) is 2.63. The second-order valence-corrected chi connectivity index (χ2v) is 10.3. The number of benzene rings is 1. The van der Waals surface area contributed by atoms with E-state index in [2.05, 4.69) is 73.1 Å². The van der Waals surface area contributed by atoms with E-state index in [-0.39, 0.29) is 0 Å². The van der Waals surface area contributed by atoms with Gasteiger partial charge in [-0.15, -0.1) is 22.7 Å². The number of hydrogen-bond acceptors (Lipinski definition) is 4. The average Bonchev–Trinajstić information content (AvgIpc) is 3.43. The van der Waals surface area contributed by atoms with Gasteiger partial charge in [-0.25, -0.2) is 4.98 Å². The molecule has 0 aliphatic carbocycles. The quantitative estimate of drug-likeness (QED) is 0.376. The SMILES string of the molecule is CC(C)C1=NC=C(c2cc3cc4sc(-c5cnc(C(C)C)[nH]5)cc4cc3s2)C1. The Bertz CT molecular complexity index is 1200. The van der Waals surface area contributed by atoms with Crippen LogP contribution in [0.2, 0.25) is 0 Å². The lowest BCUT2D eigenvalue weighted by Crippen LogP contribution is -2.03. The molecule has 5 rings (SSSR count). The van der Waals surface area contributed by atoms with Gasteiger partial charge in [0.1, 0.15) is 5.82 Å². The minimum Gasteiger partial charge on any atom is -0.341 e. The van der Waals surface area contributed by atoms with Crippen LogP contribution in [0.25, 0.3) is 36.3 Å². The van der Waals surface area contributed by atoms with Crippen molar-refractivity contribution < 1.29 is 0 Å². The first kappa shape index (κ1) is 17.8. The molecule has 142 valence electrons. The summed E-state index contributed by atoms with van der Waals surface area (Å²) >= 11 is 3.71. The highest BCUT2D eigenvalue weighted by Gasteiger charge is 2.17. The molecule has 0 unspecified atom stereocenters. The maximum atomic E-state index is 4.62. The van der Waals surface area contributed by atoms with Gasteiger partial charge >= 0.3 is 0 Å². The highest BCUT2D eigenvalue weighted by Crippen LogP contribution is 2.40. The van der Waals surface area contributed by atoms with Crippen molar-refractivity contribution in [2.24, 2.45) is 10.9 Å². The van der Waals surface area contributed by atoms with Crippen LogP contribution in [0.1, 0.15) is 50.7 Å².